The summed E-state index contributed by atoms with van der Waals surface area (Å²) in [5.41, 5.74) is 13.3. The Bertz CT molecular complexity index is 662. The molecule has 5 nitrogen and oxygen atoms in total. The van der Waals surface area contributed by atoms with Crippen molar-refractivity contribution in [2.75, 3.05) is 18.0 Å². The van der Waals surface area contributed by atoms with E-state index in [1.54, 1.807) is 0 Å². The first kappa shape index (κ1) is 13.8. The maximum absolute atomic E-state index is 11.2. The van der Waals surface area contributed by atoms with Crippen LogP contribution in [-0.2, 0) is 11.3 Å². The van der Waals surface area contributed by atoms with Gasteiger partial charge in [-0.3, -0.25) is 4.79 Å². The van der Waals surface area contributed by atoms with Gasteiger partial charge in [-0.15, -0.1) is 0 Å². The van der Waals surface area contributed by atoms with Crippen molar-refractivity contribution in [1.29, 1.82) is 0 Å². The number of carbonyl (C=O) groups is 1. The number of anilines is 1. The molecule has 0 atom stereocenters. The SMILES string of the molecule is NCc1cc(N2CCC(C(N)=O)CC2)nc2ccccc12. The van der Waals surface area contributed by atoms with Gasteiger partial charge in [0.1, 0.15) is 5.82 Å². The summed E-state index contributed by atoms with van der Waals surface area (Å²) in [5, 5.41) is 1.11. The van der Waals surface area contributed by atoms with Crippen molar-refractivity contribution in [3.8, 4) is 0 Å². The maximum Gasteiger partial charge on any atom is 0.220 e. The molecule has 1 aliphatic rings. The van der Waals surface area contributed by atoms with Crippen LogP contribution in [0.4, 0.5) is 5.82 Å². The minimum absolute atomic E-state index is 0.00400. The van der Waals surface area contributed by atoms with Gasteiger partial charge in [0.15, 0.2) is 0 Å². The molecule has 1 fully saturated rings. The predicted octanol–water partition coefficient (Wildman–Crippen LogP) is 1.40. The Labute approximate surface area is 123 Å². The van der Waals surface area contributed by atoms with E-state index < -0.39 is 0 Å². The molecule has 2 heterocycles. The molecular formula is C16H20N4O. The van der Waals surface area contributed by atoms with Crippen LogP contribution in [0.25, 0.3) is 10.9 Å². The number of primary amides is 1. The van der Waals surface area contributed by atoms with Crippen molar-refractivity contribution in [3.05, 3.63) is 35.9 Å². The topological polar surface area (TPSA) is 85.2 Å². The second-order valence-electron chi connectivity index (χ2n) is 5.52. The Balaban J connectivity index is 1.89. The van der Waals surface area contributed by atoms with Gasteiger partial charge in [0, 0.05) is 30.9 Å². The summed E-state index contributed by atoms with van der Waals surface area (Å²) in [6.45, 7) is 2.11. The molecule has 4 N–H and O–H groups in total. The molecule has 21 heavy (non-hydrogen) atoms. The third-order valence-electron chi connectivity index (χ3n) is 4.23. The Kier molecular flexibility index (Phi) is 3.75. The number of nitrogens with zero attached hydrogens (tertiary/aromatic N) is 2. The van der Waals surface area contributed by atoms with Crippen LogP contribution in [0.2, 0.25) is 0 Å². The van der Waals surface area contributed by atoms with Crippen LogP contribution in [0.5, 0.6) is 0 Å². The molecular weight excluding hydrogens is 264 g/mol. The molecule has 1 aliphatic heterocycles. The number of nitrogens with two attached hydrogens (primary N) is 2. The molecule has 0 saturated carbocycles. The Hall–Kier alpha value is -2.14. The molecule has 1 amide bonds. The summed E-state index contributed by atoms with van der Waals surface area (Å²) in [4.78, 5) is 18.2. The van der Waals surface area contributed by atoms with Crippen LogP contribution >= 0.6 is 0 Å². The number of pyridine rings is 1. The molecule has 0 unspecified atom stereocenters. The van der Waals surface area contributed by atoms with Crippen molar-refractivity contribution < 1.29 is 4.79 Å². The zero-order chi connectivity index (χ0) is 14.8. The van der Waals surface area contributed by atoms with Crippen LogP contribution < -0.4 is 16.4 Å². The highest BCUT2D eigenvalue weighted by Gasteiger charge is 2.24. The van der Waals surface area contributed by atoms with Gasteiger partial charge in [-0.05, 0) is 30.5 Å². The predicted molar refractivity (Wildman–Crippen MR) is 83.8 cm³/mol. The van der Waals surface area contributed by atoms with E-state index >= 15 is 0 Å². The van der Waals surface area contributed by atoms with E-state index in [1.165, 1.54) is 0 Å². The lowest BCUT2D eigenvalue weighted by molar-refractivity contribution is -0.122. The number of aromatic nitrogens is 1. The van der Waals surface area contributed by atoms with E-state index in [2.05, 4.69) is 11.0 Å². The summed E-state index contributed by atoms with van der Waals surface area (Å²) < 4.78 is 0. The normalized spacial score (nSPS) is 16.3. The number of para-hydroxylation sites is 1. The number of hydrogen-bond acceptors (Lipinski definition) is 4. The van der Waals surface area contributed by atoms with Gasteiger partial charge in [-0.25, -0.2) is 4.98 Å². The minimum atomic E-state index is -0.191. The van der Waals surface area contributed by atoms with Gasteiger partial charge in [-0.2, -0.15) is 0 Å². The molecule has 1 aromatic carbocycles. The lowest BCUT2D eigenvalue weighted by Crippen LogP contribution is -2.39. The fourth-order valence-corrected chi connectivity index (χ4v) is 2.96. The Morgan fingerprint density at radius 2 is 2.00 bits per heavy atom. The van der Waals surface area contributed by atoms with Crippen molar-refractivity contribution in [1.82, 2.24) is 4.98 Å². The first-order valence-electron chi connectivity index (χ1n) is 7.32. The van der Waals surface area contributed by atoms with Gasteiger partial charge < -0.3 is 16.4 Å². The largest absolute Gasteiger partial charge is 0.369 e. The number of carbonyl (C=O) groups excluding carboxylic acids is 1. The van der Waals surface area contributed by atoms with Gasteiger partial charge in [0.25, 0.3) is 0 Å². The van der Waals surface area contributed by atoms with E-state index in [4.69, 9.17) is 16.5 Å². The van der Waals surface area contributed by atoms with E-state index in [-0.39, 0.29) is 11.8 Å². The van der Waals surface area contributed by atoms with Gasteiger partial charge in [0.2, 0.25) is 5.91 Å². The van der Waals surface area contributed by atoms with Crippen molar-refractivity contribution in [3.63, 3.8) is 0 Å². The fraction of sp³-hybridized carbons (Fsp3) is 0.375. The van der Waals surface area contributed by atoms with E-state index in [1.807, 2.05) is 24.3 Å². The Morgan fingerprint density at radius 1 is 1.29 bits per heavy atom. The van der Waals surface area contributed by atoms with Crippen LogP contribution in [0.1, 0.15) is 18.4 Å². The zero-order valence-corrected chi connectivity index (χ0v) is 12.0. The number of benzene rings is 1. The van der Waals surface area contributed by atoms with E-state index in [0.717, 1.165) is 48.2 Å². The summed E-state index contributed by atoms with van der Waals surface area (Å²) in [6, 6.07) is 10.1. The monoisotopic (exact) mass is 284 g/mol. The minimum Gasteiger partial charge on any atom is -0.369 e. The summed E-state index contributed by atoms with van der Waals surface area (Å²) in [7, 11) is 0. The number of piperidine rings is 1. The van der Waals surface area contributed by atoms with Crippen LogP contribution in [0.3, 0.4) is 0 Å². The van der Waals surface area contributed by atoms with Crippen molar-refractivity contribution in [2.24, 2.45) is 17.4 Å². The summed E-state index contributed by atoms with van der Waals surface area (Å²) in [5.74, 6) is 0.747. The summed E-state index contributed by atoms with van der Waals surface area (Å²) >= 11 is 0. The fourth-order valence-electron chi connectivity index (χ4n) is 2.96. The average molecular weight is 284 g/mol. The second-order valence-corrected chi connectivity index (χ2v) is 5.52. The van der Waals surface area contributed by atoms with Gasteiger partial charge in [0.05, 0.1) is 5.52 Å². The zero-order valence-electron chi connectivity index (χ0n) is 12.0. The average Bonchev–Trinajstić information content (AvgIpc) is 2.53. The first-order chi connectivity index (χ1) is 10.2. The molecule has 5 heteroatoms. The molecule has 0 aliphatic carbocycles. The maximum atomic E-state index is 11.2. The van der Waals surface area contributed by atoms with Crippen LogP contribution in [-0.4, -0.2) is 24.0 Å². The molecule has 110 valence electrons. The van der Waals surface area contributed by atoms with E-state index in [9.17, 15) is 4.79 Å². The first-order valence-corrected chi connectivity index (χ1v) is 7.32. The number of amides is 1. The molecule has 3 rings (SSSR count). The van der Waals surface area contributed by atoms with E-state index in [0.29, 0.717) is 6.54 Å². The highest BCUT2D eigenvalue weighted by molar-refractivity contribution is 5.84. The summed E-state index contributed by atoms with van der Waals surface area (Å²) in [6.07, 6.45) is 1.59. The molecule has 0 bridgehead atoms. The molecule has 0 radical (unpaired) electrons. The molecule has 0 spiro atoms. The van der Waals surface area contributed by atoms with Crippen molar-refractivity contribution in [2.45, 2.75) is 19.4 Å². The van der Waals surface area contributed by atoms with Gasteiger partial charge >= 0.3 is 0 Å². The standard InChI is InChI=1S/C16H20N4O/c17-10-12-9-15(19-14-4-2-1-3-13(12)14)20-7-5-11(6-8-20)16(18)21/h1-4,9,11H,5-8,10,17H2,(H2,18,21). The number of fused-ring (bicyclic) bond motifs is 1. The third-order valence-corrected chi connectivity index (χ3v) is 4.23. The van der Waals surface area contributed by atoms with Crippen LogP contribution in [0.15, 0.2) is 30.3 Å². The third kappa shape index (κ3) is 2.69. The van der Waals surface area contributed by atoms with Crippen molar-refractivity contribution >= 4 is 22.6 Å². The molecule has 1 saturated heterocycles. The van der Waals surface area contributed by atoms with Crippen LogP contribution in [0, 0.1) is 5.92 Å². The Morgan fingerprint density at radius 3 is 2.67 bits per heavy atom. The number of hydrogen-bond donors (Lipinski definition) is 2. The molecule has 2 aromatic rings. The van der Waals surface area contributed by atoms with Gasteiger partial charge in [-0.1, -0.05) is 18.2 Å². The smallest absolute Gasteiger partial charge is 0.220 e. The lowest BCUT2D eigenvalue weighted by atomic mass is 9.96. The highest BCUT2D eigenvalue weighted by Crippen LogP contribution is 2.26. The lowest BCUT2D eigenvalue weighted by Gasteiger charge is -2.31. The second kappa shape index (κ2) is 5.69. The quantitative estimate of drug-likeness (QED) is 0.892. The highest BCUT2D eigenvalue weighted by atomic mass is 16.1. The molecule has 1 aromatic heterocycles. The number of rotatable bonds is 3.